The molecule has 0 unspecified atom stereocenters. The molecular formula is C18H21N3O3S. The van der Waals surface area contributed by atoms with Crippen molar-refractivity contribution < 1.29 is 13.2 Å². The standard InChI is InChI=1S/C18H21N3O3S/c1-21-9-6-13-4-5-15(11-17(13)21)25(22,23)20-16-7-10-24-18(16)14-3-2-8-19-12-14/h2-5,8,11-12,16,18,20H,6-7,9-10H2,1H3/t16-,18+/m0/s1. The number of hydrogen-bond acceptors (Lipinski definition) is 5. The van der Waals surface area contributed by atoms with Gasteiger partial charge in [0.2, 0.25) is 10.0 Å². The Morgan fingerprint density at radius 1 is 1.32 bits per heavy atom. The summed E-state index contributed by atoms with van der Waals surface area (Å²) < 4.78 is 34.3. The van der Waals surface area contributed by atoms with Gasteiger partial charge in [0.05, 0.1) is 10.9 Å². The maximum Gasteiger partial charge on any atom is 0.240 e. The zero-order valence-electron chi connectivity index (χ0n) is 14.1. The molecule has 2 aliphatic rings. The van der Waals surface area contributed by atoms with Crippen LogP contribution >= 0.6 is 0 Å². The minimum absolute atomic E-state index is 0.291. The van der Waals surface area contributed by atoms with Crippen molar-refractivity contribution in [2.24, 2.45) is 0 Å². The van der Waals surface area contributed by atoms with Crippen molar-refractivity contribution in [2.75, 3.05) is 25.1 Å². The predicted molar refractivity (Wildman–Crippen MR) is 95.1 cm³/mol. The van der Waals surface area contributed by atoms with Crippen LogP contribution < -0.4 is 9.62 Å². The Kier molecular flexibility index (Phi) is 4.23. The number of hydrogen-bond donors (Lipinski definition) is 1. The summed E-state index contributed by atoms with van der Waals surface area (Å²) in [6.07, 6.45) is 4.71. The highest BCUT2D eigenvalue weighted by molar-refractivity contribution is 7.89. The first-order valence-corrected chi connectivity index (χ1v) is 9.91. The van der Waals surface area contributed by atoms with Crippen LogP contribution in [0.4, 0.5) is 5.69 Å². The van der Waals surface area contributed by atoms with Gasteiger partial charge in [-0.2, -0.15) is 0 Å². The van der Waals surface area contributed by atoms with Crippen molar-refractivity contribution >= 4 is 15.7 Å². The fourth-order valence-electron chi connectivity index (χ4n) is 3.54. The number of likely N-dealkylation sites (N-methyl/N-ethyl adjacent to an activating group) is 1. The molecule has 0 spiro atoms. The average molecular weight is 359 g/mol. The maximum absolute atomic E-state index is 12.9. The van der Waals surface area contributed by atoms with E-state index in [0.29, 0.717) is 17.9 Å². The van der Waals surface area contributed by atoms with Crippen LogP contribution in [0.1, 0.15) is 23.7 Å². The lowest BCUT2D eigenvalue weighted by Crippen LogP contribution is -2.36. The van der Waals surface area contributed by atoms with Crippen LogP contribution in [-0.4, -0.2) is 39.6 Å². The number of aromatic nitrogens is 1. The van der Waals surface area contributed by atoms with Crippen molar-refractivity contribution in [1.29, 1.82) is 0 Å². The quantitative estimate of drug-likeness (QED) is 0.903. The normalized spacial score (nSPS) is 23.0. The van der Waals surface area contributed by atoms with Crippen LogP contribution in [-0.2, 0) is 21.2 Å². The molecule has 3 heterocycles. The highest BCUT2D eigenvalue weighted by Gasteiger charge is 2.34. The topological polar surface area (TPSA) is 71.5 Å². The third-order valence-corrected chi connectivity index (χ3v) is 6.39. The lowest BCUT2D eigenvalue weighted by molar-refractivity contribution is 0.102. The number of pyridine rings is 1. The number of sulfonamides is 1. The summed E-state index contributed by atoms with van der Waals surface area (Å²) in [6, 6.07) is 8.82. The van der Waals surface area contributed by atoms with Crippen molar-refractivity contribution in [3.63, 3.8) is 0 Å². The second-order valence-electron chi connectivity index (χ2n) is 6.56. The molecule has 1 N–H and O–H groups in total. The van der Waals surface area contributed by atoms with Crippen molar-refractivity contribution in [2.45, 2.75) is 29.9 Å². The number of ether oxygens (including phenoxy) is 1. The Morgan fingerprint density at radius 2 is 2.20 bits per heavy atom. The van der Waals surface area contributed by atoms with E-state index >= 15 is 0 Å². The predicted octanol–water partition coefficient (Wildman–Crippen LogP) is 1.88. The smallest absolute Gasteiger partial charge is 0.240 e. The molecule has 2 aromatic rings. The van der Waals surface area contributed by atoms with E-state index in [2.05, 4.69) is 14.6 Å². The second kappa shape index (κ2) is 6.40. The molecule has 25 heavy (non-hydrogen) atoms. The Bertz CT molecular complexity index is 870. The Balaban J connectivity index is 1.58. The van der Waals surface area contributed by atoms with E-state index in [4.69, 9.17) is 4.74 Å². The van der Waals surface area contributed by atoms with E-state index in [1.807, 2.05) is 25.2 Å². The van der Waals surface area contributed by atoms with Gasteiger partial charge in [-0.15, -0.1) is 0 Å². The first kappa shape index (κ1) is 16.5. The molecule has 1 saturated heterocycles. The first-order chi connectivity index (χ1) is 12.0. The number of benzene rings is 1. The average Bonchev–Trinajstić information content (AvgIpc) is 3.22. The monoisotopic (exact) mass is 359 g/mol. The number of nitrogens with one attached hydrogen (secondary N) is 1. The van der Waals surface area contributed by atoms with Gasteiger partial charge < -0.3 is 9.64 Å². The number of nitrogens with zero attached hydrogens (tertiary/aromatic N) is 2. The second-order valence-corrected chi connectivity index (χ2v) is 8.27. The highest BCUT2D eigenvalue weighted by atomic mass is 32.2. The molecule has 2 atom stereocenters. The minimum Gasteiger partial charge on any atom is -0.374 e. The summed E-state index contributed by atoms with van der Waals surface area (Å²) in [5.74, 6) is 0. The molecule has 0 aliphatic carbocycles. The molecule has 132 valence electrons. The molecule has 1 fully saturated rings. The summed E-state index contributed by atoms with van der Waals surface area (Å²) >= 11 is 0. The van der Waals surface area contributed by atoms with E-state index in [1.165, 1.54) is 5.56 Å². The van der Waals surface area contributed by atoms with Crippen LogP contribution in [0.5, 0.6) is 0 Å². The van der Waals surface area contributed by atoms with E-state index < -0.39 is 10.0 Å². The third kappa shape index (κ3) is 3.15. The Morgan fingerprint density at radius 3 is 3.00 bits per heavy atom. The number of fused-ring (bicyclic) bond motifs is 1. The minimum atomic E-state index is -3.61. The zero-order chi connectivity index (χ0) is 17.4. The molecule has 4 rings (SSSR count). The summed E-state index contributed by atoms with van der Waals surface area (Å²) in [5.41, 5.74) is 3.08. The molecule has 1 aromatic carbocycles. The van der Waals surface area contributed by atoms with Crippen LogP contribution in [0, 0.1) is 0 Å². The summed E-state index contributed by atoms with van der Waals surface area (Å²) in [6.45, 7) is 1.45. The van der Waals surface area contributed by atoms with E-state index in [-0.39, 0.29) is 12.1 Å². The van der Waals surface area contributed by atoms with Crippen LogP contribution in [0.2, 0.25) is 0 Å². The molecule has 0 radical (unpaired) electrons. The van der Waals surface area contributed by atoms with Gasteiger partial charge in [-0.25, -0.2) is 13.1 Å². The van der Waals surface area contributed by atoms with Gasteiger partial charge in [-0.05, 0) is 36.6 Å². The summed E-state index contributed by atoms with van der Waals surface area (Å²) in [7, 11) is -1.62. The van der Waals surface area contributed by atoms with E-state index in [0.717, 1.165) is 24.2 Å². The molecule has 7 heteroatoms. The number of rotatable bonds is 4. The van der Waals surface area contributed by atoms with Gasteiger partial charge in [0.15, 0.2) is 0 Å². The largest absolute Gasteiger partial charge is 0.374 e. The SMILES string of the molecule is CN1CCc2ccc(S(=O)(=O)N[C@H]3CCO[C@@H]3c3cccnc3)cc21. The fraction of sp³-hybridized carbons (Fsp3) is 0.389. The van der Waals surface area contributed by atoms with Gasteiger partial charge in [0.1, 0.15) is 6.10 Å². The summed E-state index contributed by atoms with van der Waals surface area (Å²) in [4.78, 5) is 6.49. The highest BCUT2D eigenvalue weighted by Crippen LogP contribution is 2.32. The summed E-state index contributed by atoms with van der Waals surface area (Å²) in [5, 5.41) is 0. The molecule has 2 aliphatic heterocycles. The molecule has 6 nitrogen and oxygen atoms in total. The van der Waals surface area contributed by atoms with Crippen LogP contribution in [0.3, 0.4) is 0 Å². The van der Waals surface area contributed by atoms with Crippen LogP contribution in [0.15, 0.2) is 47.6 Å². The van der Waals surface area contributed by atoms with Crippen molar-refractivity contribution in [3.8, 4) is 0 Å². The lowest BCUT2D eigenvalue weighted by Gasteiger charge is -2.20. The first-order valence-electron chi connectivity index (χ1n) is 8.42. The fourth-order valence-corrected chi connectivity index (χ4v) is 4.83. The van der Waals surface area contributed by atoms with Crippen molar-refractivity contribution in [3.05, 3.63) is 53.9 Å². The van der Waals surface area contributed by atoms with Gasteiger partial charge in [-0.1, -0.05) is 12.1 Å². The van der Waals surface area contributed by atoms with Crippen LogP contribution in [0.25, 0.3) is 0 Å². The zero-order valence-corrected chi connectivity index (χ0v) is 14.9. The van der Waals surface area contributed by atoms with E-state index in [1.54, 1.807) is 24.5 Å². The molecule has 0 amide bonds. The van der Waals surface area contributed by atoms with Gasteiger partial charge in [-0.3, -0.25) is 4.98 Å². The van der Waals surface area contributed by atoms with Gasteiger partial charge in [0, 0.05) is 43.8 Å². The van der Waals surface area contributed by atoms with E-state index in [9.17, 15) is 8.42 Å². The van der Waals surface area contributed by atoms with Gasteiger partial charge >= 0.3 is 0 Å². The molecule has 0 bridgehead atoms. The lowest BCUT2D eigenvalue weighted by atomic mass is 10.1. The Hall–Kier alpha value is -1.96. The molecule has 0 saturated carbocycles. The number of anilines is 1. The Labute approximate surface area is 147 Å². The third-order valence-electron chi connectivity index (χ3n) is 4.91. The molecular weight excluding hydrogens is 338 g/mol. The maximum atomic E-state index is 12.9. The molecule has 1 aromatic heterocycles. The van der Waals surface area contributed by atoms with Gasteiger partial charge in [0.25, 0.3) is 0 Å². The van der Waals surface area contributed by atoms with Crippen molar-refractivity contribution in [1.82, 2.24) is 9.71 Å².